The van der Waals surface area contributed by atoms with Crippen LogP contribution in [0, 0.1) is 0 Å². The fourth-order valence-corrected chi connectivity index (χ4v) is 1.34. The summed E-state index contributed by atoms with van der Waals surface area (Å²) in [6.45, 7) is 5.11. The Morgan fingerprint density at radius 1 is 0.923 bits per heavy atom. The second-order valence-corrected chi connectivity index (χ2v) is 4.47. The van der Waals surface area contributed by atoms with Gasteiger partial charge in [-0.2, -0.15) is 0 Å². The Bertz CT molecular complexity index is 113. The normalized spacial score (nSPS) is 12.0. The lowest BCUT2D eigenvalue weighted by atomic mass is 10.1. The zero-order valence-corrected chi connectivity index (χ0v) is 9.55. The van der Waals surface area contributed by atoms with Gasteiger partial charge in [0.1, 0.15) is 0 Å². The van der Waals surface area contributed by atoms with Crippen LogP contribution in [0.2, 0.25) is 0 Å². The third-order valence-electron chi connectivity index (χ3n) is 2.78. The van der Waals surface area contributed by atoms with Gasteiger partial charge in [0.05, 0.1) is 27.2 Å². The lowest BCUT2D eigenvalue weighted by Gasteiger charge is -2.28. The van der Waals surface area contributed by atoms with Gasteiger partial charge in [0, 0.05) is 6.61 Å². The van der Waals surface area contributed by atoms with Crippen LogP contribution in [0.3, 0.4) is 0 Å². The molecule has 0 rings (SSSR count). The number of hydrogen-bond donors (Lipinski definition) is 1. The Labute approximate surface area is 83.2 Å². The van der Waals surface area contributed by atoms with E-state index < -0.39 is 0 Å². The molecule has 2 heteroatoms. The predicted molar refractivity (Wildman–Crippen MR) is 57.7 cm³/mol. The quantitative estimate of drug-likeness (QED) is 0.456. The maximum absolute atomic E-state index is 8.59. The molecule has 80 valence electrons. The van der Waals surface area contributed by atoms with Crippen LogP contribution in [0.25, 0.3) is 0 Å². The fourth-order valence-electron chi connectivity index (χ4n) is 1.34. The summed E-state index contributed by atoms with van der Waals surface area (Å²) in [6.07, 6.45) is 6.10. The molecule has 0 spiro atoms. The predicted octanol–water partition coefficient (Wildman–Crippen LogP) is 2.03. The molecular formula is C11H26NO+. The molecule has 13 heavy (non-hydrogen) atoms. The summed E-state index contributed by atoms with van der Waals surface area (Å²) < 4.78 is 1.14. The van der Waals surface area contributed by atoms with Crippen molar-refractivity contribution in [2.75, 3.05) is 33.8 Å². The van der Waals surface area contributed by atoms with Gasteiger partial charge in [-0.3, -0.25) is 0 Å². The van der Waals surface area contributed by atoms with Gasteiger partial charge in [-0.05, 0) is 26.2 Å². The number of unbranched alkanes of at least 4 members (excludes halogenated alkanes) is 4. The van der Waals surface area contributed by atoms with E-state index in [1.54, 1.807) is 0 Å². The van der Waals surface area contributed by atoms with E-state index in [0.29, 0.717) is 6.61 Å². The summed E-state index contributed by atoms with van der Waals surface area (Å²) in [4.78, 5) is 0. The van der Waals surface area contributed by atoms with Gasteiger partial charge in [0.15, 0.2) is 0 Å². The van der Waals surface area contributed by atoms with Crippen LogP contribution in [0.5, 0.6) is 0 Å². The minimum Gasteiger partial charge on any atom is -0.396 e. The molecule has 0 saturated heterocycles. The molecule has 0 heterocycles. The van der Waals surface area contributed by atoms with Crippen molar-refractivity contribution in [3.05, 3.63) is 0 Å². The first-order valence-electron chi connectivity index (χ1n) is 5.55. The second-order valence-electron chi connectivity index (χ2n) is 4.47. The van der Waals surface area contributed by atoms with Gasteiger partial charge in [0.2, 0.25) is 0 Å². The first-order chi connectivity index (χ1) is 6.12. The molecule has 0 atom stereocenters. The summed E-state index contributed by atoms with van der Waals surface area (Å²) in [7, 11) is 4.57. The maximum Gasteiger partial charge on any atom is 0.0782 e. The Kier molecular flexibility index (Phi) is 7.29. The molecule has 2 nitrogen and oxygen atoms in total. The minimum atomic E-state index is 0.358. The molecule has 0 amide bonds. The van der Waals surface area contributed by atoms with Gasteiger partial charge < -0.3 is 9.59 Å². The van der Waals surface area contributed by atoms with Crippen LogP contribution in [0.4, 0.5) is 0 Å². The smallest absolute Gasteiger partial charge is 0.0782 e. The van der Waals surface area contributed by atoms with Crippen LogP contribution in [0.15, 0.2) is 0 Å². The van der Waals surface area contributed by atoms with E-state index in [9.17, 15) is 0 Å². The lowest BCUT2D eigenvalue weighted by Crippen LogP contribution is -2.39. The molecule has 0 aliphatic heterocycles. The highest BCUT2D eigenvalue weighted by atomic mass is 16.2. The zero-order chi connectivity index (χ0) is 10.2. The van der Waals surface area contributed by atoms with Gasteiger partial charge in [-0.25, -0.2) is 0 Å². The number of nitrogens with zero attached hydrogens (tertiary/aromatic N) is 1. The summed E-state index contributed by atoms with van der Waals surface area (Å²) in [5.74, 6) is 0. The van der Waals surface area contributed by atoms with Crippen LogP contribution >= 0.6 is 0 Å². The number of hydrogen-bond acceptors (Lipinski definition) is 1. The van der Waals surface area contributed by atoms with Gasteiger partial charge in [0.25, 0.3) is 0 Å². The topological polar surface area (TPSA) is 20.2 Å². The van der Waals surface area contributed by atoms with E-state index in [2.05, 4.69) is 21.0 Å². The second kappa shape index (κ2) is 7.34. The molecule has 0 aromatic rings. The molecular weight excluding hydrogens is 162 g/mol. The van der Waals surface area contributed by atoms with Crippen LogP contribution < -0.4 is 0 Å². The van der Waals surface area contributed by atoms with Crippen molar-refractivity contribution in [3.63, 3.8) is 0 Å². The summed E-state index contributed by atoms with van der Waals surface area (Å²) >= 11 is 0. The van der Waals surface area contributed by atoms with E-state index >= 15 is 0 Å². The third-order valence-corrected chi connectivity index (χ3v) is 2.78. The van der Waals surface area contributed by atoms with Crippen molar-refractivity contribution in [2.24, 2.45) is 0 Å². The Balaban J connectivity index is 3.16. The SMILES string of the molecule is CC[N+](C)(C)CCCCCCCO. The Morgan fingerprint density at radius 2 is 1.46 bits per heavy atom. The Morgan fingerprint density at radius 3 is 2.00 bits per heavy atom. The van der Waals surface area contributed by atoms with Crippen LogP contribution in [-0.4, -0.2) is 43.4 Å². The molecule has 0 fully saturated rings. The van der Waals surface area contributed by atoms with Crippen LogP contribution in [0.1, 0.15) is 39.0 Å². The van der Waals surface area contributed by atoms with Crippen molar-refractivity contribution in [3.8, 4) is 0 Å². The molecule has 0 bridgehead atoms. The first-order valence-corrected chi connectivity index (χ1v) is 5.55. The summed E-state index contributed by atoms with van der Waals surface area (Å²) in [5.41, 5.74) is 0. The number of aliphatic hydroxyl groups excluding tert-OH is 1. The Hall–Kier alpha value is -0.0800. The average molecular weight is 188 g/mol. The van der Waals surface area contributed by atoms with Crippen LogP contribution in [-0.2, 0) is 0 Å². The number of rotatable bonds is 8. The van der Waals surface area contributed by atoms with Crippen molar-refractivity contribution in [2.45, 2.75) is 39.0 Å². The molecule has 0 aliphatic rings. The third kappa shape index (κ3) is 8.26. The molecule has 0 unspecified atom stereocenters. The van der Waals surface area contributed by atoms with Crippen molar-refractivity contribution in [1.29, 1.82) is 0 Å². The monoisotopic (exact) mass is 188 g/mol. The van der Waals surface area contributed by atoms with Gasteiger partial charge in [-0.1, -0.05) is 12.8 Å². The van der Waals surface area contributed by atoms with E-state index in [-0.39, 0.29) is 0 Å². The van der Waals surface area contributed by atoms with Crippen molar-refractivity contribution < 1.29 is 9.59 Å². The number of aliphatic hydroxyl groups is 1. The van der Waals surface area contributed by atoms with E-state index in [4.69, 9.17) is 5.11 Å². The summed E-state index contributed by atoms with van der Waals surface area (Å²) in [6, 6.07) is 0. The molecule has 0 aromatic heterocycles. The molecule has 0 radical (unpaired) electrons. The highest BCUT2D eigenvalue weighted by Crippen LogP contribution is 2.06. The highest BCUT2D eigenvalue weighted by molar-refractivity contribution is 4.43. The molecule has 0 aromatic carbocycles. The molecule has 0 aliphatic carbocycles. The molecule has 1 N–H and O–H groups in total. The van der Waals surface area contributed by atoms with Gasteiger partial charge >= 0.3 is 0 Å². The standard InChI is InChI=1S/C11H26NO/c1-4-12(2,3)10-8-6-5-7-9-11-13/h13H,4-11H2,1-3H3/q+1. The average Bonchev–Trinajstić information content (AvgIpc) is 2.11. The summed E-state index contributed by atoms with van der Waals surface area (Å²) in [5, 5.41) is 8.59. The lowest BCUT2D eigenvalue weighted by molar-refractivity contribution is -0.888. The fraction of sp³-hybridized carbons (Fsp3) is 1.00. The first kappa shape index (κ1) is 12.9. The highest BCUT2D eigenvalue weighted by Gasteiger charge is 2.09. The number of quaternary nitrogens is 1. The maximum atomic E-state index is 8.59. The van der Waals surface area contributed by atoms with Crippen molar-refractivity contribution >= 4 is 0 Å². The largest absolute Gasteiger partial charge is 0.396 e. The van der Waals surface area contributed by atoms with E-state index in [1.807, 2.05) is 0 Å². The molecule has 0 saturated carbocycles. The van der Waals surface area contributed by atoms with E-state index in [0.717, 1.165) is 10.9 Å². The van der Waals surface area contributed by atoms with Crippen molar-refractivity contribution in [1.82, 2.24) is 0 Å². The van der Waals surface area contributed by atoms with E-state index in [1.165, 1.54) is 38.8 Å². The minimum absolute atomic E-state index is 0.358. The van der Waals surface area contributed by atoms with Gasteiger partial charge in [-0.15, -0.1) is 0 Å². The zero-order valence-electron chi connectivity index (χ0n) is 9.55.